The molecule has 0 radical (unpaired) electrons. The Morgan fingerprint density at radius 1 is 0.569 bits per heavy atom. The predicted molar refractivity (Wildman–Crippen MR) is 244 cm³/mol. The molecule has 0 aliphatic heterocycles. The molecule has 312 valence electrons. The summed E-state index contributed by atoms with van der Waals surface area (Å²) in [5.41, 5.74) is 20.5. The summed E-state index contributed by atoms with van der Waals surface area (Å²) in [7, 11) is 0. The van der Waals surface area contributed by atoms with E-state index in [-0.39, 0.29) is 46.5 Å². The molecule has 5 aromatic carbocycles. The van der Waals surface area contributed by atoms with Crippen molar-refractivity contribution in [3.05, 3.63) is 158 Å². The fourth-order valence-corrected chi connectivity index (χ4v) is 8.23. The minimum absolute atomic E-state index is 0. The summed E-state index contributed by atoms with van der Waals surface area (Å²) in [4.78, 5) is 0. The van der Waals surface area contributed by atoms with Crippen molar-refractivity contribution in [2.75, 3.05) is 0 Å². The first-order valence-corrected chi connectivity index (χ1v) is 22.1. The Morgan fingerprint density at radius 2 is 1.00 bits per heavy atom. The van der Waals surface area contributed by atoms with Crippen LogP contribution in [-0.2, 0) is 64.2 Å². The molecule has 0 amide bonds. The Labute approximate surface area is 383 Å². The number of aryl methyl sites for hydroxylation is 3. The number of hydrogen-bond acceptors (Lipinski definition) is 0. The maximum absolute atomic E-state index is 3.90. The van der Waals surface area contributed by atoms with Crippen molar-refractivity contribution < 1.29 is 49.0 Å². The quantitative estimate of drug-likeness (QED) is 0.156. The number of rotatable bonds is 3. The van der Waals surface area contributed by atoms with Gasteiger partial charge in [0.15, 0.2) is 0 Å². The number of fused-ring (bicyclic) bond motifs is 3. The second-order valence-corrected chi connectivity index (χ2v) is 22.6. The molecule has 0 saturated carbocycles. The molecule has 0 bridgehead atoms. The Bertz CT molecular complexity index is 2000. The second kappa shape index (κ2) is 19.5. The van der Waals surface area contributed by atoms with Crippen LogP contribution in [0, 0.1) is 19.9 Å². The van der Waals surface area contributed by atoms with Gasteiger partial charge in [-0.15, -0.1) is 16.7 Å². The zero-order chi connectivity index (χ0) is 42.2. The summed E-state index contributed by atoms with van der Waals surface area (Å²) in [6.45, 7) is 41.2. The van der Waals surface area contributed by atoms with Crippen LogP contribution in [0.4, 0.5) is 0 Å². The van der Waals surface area contributed by atoms with E-state index in [0.717, 1.165) is 12.8 Å². The van der Waals surface area contributed by atoms with Crippen LogP contribution in [-0.4, -0.2) is 3.21 Å². The topological polar surface area (TPSA) is 0 Å². The maximum atomic E-state index is 3.90. The molecule has 6 rings (SSSR count). The molecular formula is C55H72Cl2Zr-2. The predicted octanol–water partition coefficient (Wildman–Crippen LogP) is 8.94. The average molecular weight is 895 g/mol. The fourth-order valence-electron chi connectivity index (χ4n) is 7.41. The third kappa shape index (κ3) is 13.0. The molecule has 0 aromatic heterocycles. The van der Waals surface area contributed by atoms with Crippen molar-refractivity contribution in [1.29, 1.82) is 0 Å². The van der Waals surface area contributed by atoms with Crippen LogP contribution in [0.2, 0.25) is 0 Å². The van der Waals surface area contributed by atoms with Gasteiger partial charge in [-0.3, -0.25) is 0 Å². The standard InChI is InChI=1S/C29H41.C15H14.C11H17.2ClH.Zr/c1-26(2,3)22-14-18-13-19-15-23(27(4,5)6)25(29(10,11)12)17-21(19)20(18)16-24(22)28(7,8)9;1-12-3-7-14(8-4-12)11-15-9-5-13(2)6-10-15;1-5-9-6-7-10(8-9)11(2,3)4;;;/h14,16-17H,13H2,1-12H3;3-10H,1-2H3;6-8H,5H2,1-4H3;2*1H;/q-1;;-1;;;+2/p-2. The molecule has 5 aromatic rings. The molecule has 1 aliphatic rings. The minimum atomic E-state index is 0. The van der Waals surface area contributed by atoms with Gasteiger partial charge in [0.25, 0.3) is 0 Å². The van der Waals surface area contributed by atoms with E-state index < -0.39 is 0 Å². The molecule has 0 spiro atoms. The average Bonchev–Trinajstić information content (AvgIpc) is 3.72. The van der Waals surface area contributed by atoms with Gasteiger partial charge in [-0.2, -0.15) is 41.0 Å². The zero-order valence-corrected chi connectivity index (χ0v) is 43.2. The second-order valence-electron chi connectivity index (χ2n) is 21.4. The number of benzene rings is 4. The van der Waals surface area contributed by atoms with Crippen molar-refractivity contribution in [3.63, 3.8) is 0 Å². The Hall–Kier alpha value is -2.44. The molecule has 0 nitrogen and oxygen atoms in total. The largest absolute Gasteiger partial charge is 1.00 e. The Kier molecular flexibility index (Phi) is 17.4. The molecule has 3 heteroatoms. The first kappa shape index (κ1) is 51.7. The minimum Gasteiger partial charge on any atom is -1.00 e. The van der Waals surface area contributed by atoms with Crippen LogP contribution in [0.3, 0.4) is 0 Å². The van der Waals surface area contributed by atoms with Gasteiger partial charge in [0.2, 0.25) is 0 Å². The van der Waals surface area contributed by atoms with Crippen LogP contribution >= 0.6 is 0 Å². The van der Waals surface area contributed by atoms with E-state index in [1.807, 2.05) is 0 Å². The van der Waals surface area contributed by atoms with Crippen molar-refractivity contribution in [1.82, 2.24) is 0 Å². The van der Waals surface area contributed by atoms with Gasteiger partial charge < -0.3 is 24.8 Å². The van der Waals surface area contributed by atoms with Crippen LogP contribution in [0.15, 0.2) is 84.9 Å². The first-order valence-electron chi connectivity index (χ1n) is 20.9. The number of halogens is 2. The van der Waals surface area contributed by atoms with E-state index in [1.165, 1.54) is 105 Å². The van der Waals surface area contributed by atoms with E-state index in [0.29, 0.717) is 5.41 Å². The smallest absolute Gasteiger partial charge is 1.00 e. The molecule has 0 fully saturated rings. The monoisotopic (exact) mass is 892 g/mol. The van der Waals surface area contributed by atoms with Gasteiger partial charge >= 0.3 is 112 Å². The zero-order valence-electron chi connectivity index (χ0n) is 39.3. The van der Waals surface area contributed by atoms with Gasteiger partial charge in [0.1, 0.15) is 0 Å². The van der Waals surface area contributed by atoms with Crippen molar-refractivity contribution in [2.45, 2.75) is 165 Å². The molecule has 0 N–H and O–H groups in total. The van der Waals surface area contributed by atoms with E-state index in [9.17, 15) is 0 Å². The van der Waals surface area contributed by atoms with E-state index in [4.69, 9.17) is 0 Å². The summed E-state index contributed by atoms with van der Waals surface area (Å²) >= 11 is 1.46. The molecule has 0 saturated heterocycles. The molecular weight excluding hydrogens is 823 g/mol. The Morgan fingerprint density at radius 3 is 1.36 bits per heavy atom. The van der Waals surface area contributed by atoms with Gasteiger partial charge in [-0.1, -0.05) is 146 Å². The SMILES string of the molecule is CC(C)(C)c1[c-]c2c(cc1C(C)(C)C)-c1cc(C(C)(C)C)c(C(C)(C)C)cc1C2.CCc1cc(C(C)(C)C)c[cH-]1.Cc1ccc([C](=[Zr+2])c2ccc(C)cc2)cc1.[Cl-].[Cl-]. The fraction of sp³-hybridized carbons (Fsp3) is 0.455. The molecule has 0 atom stereocenters. The molecule has 0 unspecified atom stereocenters. The van der Waals surface area contributed by atoms with E-state index >= 15 is 0 Å². The number of hydrogen-bond donors (Lipinski definition) is 0. The molecule has 58 heavy (non-hydrogen) atoms. The van der Waals surface area contributed by atoms with E-state index in [2.05, 4.69) is 216 Å². The summed E-state index contributed by atoms with van der Waals surface area (Å²) in [5, 5.41) is 0. The van der Waals surface area contributed by atoms with Crippen molar-refractivity contribution in [3.8, 4) is 11.1 Å². The van der Waals surface area contributed by atoms with Crippen molar-refractivity contribution in [2.24, 2.45) is 0 Å². The summed E-state index contributed by atoms with van der Waals surface area (Å²) < 4.78 is 1.42. The van der Waals surface area contributed by atoms with E-state index in [1.54, 1.807) is 0 Å². The van der Waals surface area contributed by atoms with Crippen molar-refractivity contribution >= 4 is 3.21 Å². The van der Waals surface area contributed by atoms with Crippen LogP contribution in [0.1, 0.15) is 178 Å². The van der Waals surface area contributed by atoms with Crippen LogP contribution < -0.4 is 24.8 Å². The first-order chi connectivity index (χ1) is 25.6. The van der Waals surface area contributed by atoms with Gasteiger partial charge in [0.05, 0.1) is 0 Å². The normalized spacial score (nSPS) is 12.5. The van der Waals surface area contributed by atoms with Gasteiger partial charge in [-0.25, -0.2) is 6.07 Å². The van der Waals surface area contributed by atoms with Gasteiger partial charge in [0, 0.05) is 0 Å². The van der Waals surface area contributed by atoms with Crippen LogP contribution in [0.25, 0.3) is 11.1 Å². The van der Waals surface area contributed by atoms with Gasteiger partial charge in [-0.05, 0) is 39.4 Å². The van der Waals surface area contributed by atoms with Crippen LogP contribution in [0.5, 0.6) is 0 Å². The summed E-state index contributed by atoms with van der Waals surface area (Å²) in [6.07, 6.45) is 2.15. The maximum Gasteiger partial charge on any atom is -1.00 e. The summed E-state index contributed by atoms with van der Waals surface area (Å²) in [5.74, 6) is 0. The molecule has 0 heterocycles. The third-order valence-corrected chi connectivity index (χ3v) is 12.4. The Balaban J connectivity index is 0.000000336. The molecule has 1 aliphatic carbocycles. The summed E-state index contributed by atoms with van der Waals surface area (Å²) in [6, 6.07) is 35.7. The third-order valence-electron chi connectivity index (χ3n) is 11.0.